The molecular weight excluding hydrogens is 482 g/mol. The highest BCUT2D eigenvalue weighted by Crippen LogP contribution is 2.43. The van der Waals surface area contributed by atoms with Crippen molar-refractivity contribution in [1.29, 1.82) is 0 Å². The Hall–Kier alpha value is -3.15. The number of nitrogens with zero attached hydrogens (tertiary/aromatic N) is 2. The molecule has 0 aliphatic heterocycles. The van der Waals surface area contributed by atoms with E-state index >= 15 is 4.39 Å². The number of hydrogen-bond donors (Lipinski definition) is 4. The van der Waals surface area contributed by atoms with E-state index in [0.29, 0.717) is 37.8 Å². The zero-order chi connectivity index (χ0) is 26.6. The number of carbonyl (C=O) groups excluding carboxylic acids is 1. The molecule has 1 atom stereocenters. The number of hydrogen-bond acceptors (Lipinski definition) is 5. The number of alkyl halides is 3. The molecule has 1 amide bonds. The lowest BCUT2D eigenvalue weighted by Crippen LogP contribution is -2.56. The smallest absolute Gasteiger partial charge is 0.435 e. The monoisotopic (exact) mass is 511 g/mol. The molecule has 0 spiro atoms. The number of carboxylic acid groups (broad SMARTS) is 1. The van der Waals surface area contributed by atoms with E-state index in [-0.39, 0.29) is 35.2 Å². The van der Waals surface area contributed by atoms with Gasteiger partial charge in [0.05, 0.1) is 22.5 Å². The van der Waals surface area contributed by atoms with Gasteiger partial charge in [0.25, 0.3) is 5.91 Å². The van der Waals surface area contributed by atoms with Crippen molar-refractivity contribution in [1.82, 2.24) is 9.78 Å². The number of carbonyl (C=O) groups is 2. The first-order chi connectivity index (χ1) is 16.7. The zero-order valence-corrected chi connectivity index (χ0v) is 20.0. The first-order valence-corrected chi connectivity index (χ1v) is 11.7. The van der Waals surface area contributed by atoms with E-state index in [1.54, 1.807) is 0 Å². The summed E-state index contributed by atoms with van der Waals surface area (Å²) in [6.07, 6.45) is -1.74. The molecule has 1 aromatic carbocycles. The molecule has 2 aromatic rings. The van der Waals surface area contributed by atoms with E-state index in [1.807, 2.05) is 13.8 Å². The van der Waals surface area contributed by atoms with Crippen molar-refractivity contribution in [3.63, 3.8) is 0 Å². The first-order valence-electron chi connectivity index (χ1n) is 11.7. The van der Waals surface area contributed by atoms with Gasteiger partial charge in [-0.15, -0.1) is 0 Å². The molecule has 8 nitrogen and oxygen atoms in total. The lowest BCUT2D eigenvalue weighted by atomic mass is 9.76. The second-order valence-electron chi connectivity index (χ2n) is 10.5. The maximum absolute atomic E-state index is 15.3. The molecule has 0 bridgehead atoms. The Bertz CT molecular complexity index is 1220. The Morgan fingerprint density at radius 3 is 2.39 bits per heavy atom. The summed E-state index contributed by atoms with van der Waals surface area (Å²) in [6.45, 7) is 3.86. The van der Waals surface area contributed by atoms with Gasteiger partial charge in [0.15, 0.2) is 5.69 Å². The largest absolute Gasteiger partial charge is 0.480 e. The first kappa shape index (κ1) is 25.9. The fraction of sp³-hybridized carbons (Fsp3) is 0.542. The predicted molar refractivity (Wildman–Crippen MR) is 123 cm³/mol. The van der Waals surface area contributed by atoms with Crippen LogP contribution >= 0.6 is 0 Å². The molecular formula is C24H29F4N5O3. The lowest BCUT2D eigenvalue weighted by molar-refractivity contribution is -0.142. The van der Waals surface area contributed by atoms with Crippen LogP contribution in [0.4, 0.5) is 23.2 Å². The minimum absolute atomic E-state index is 0.0403. The summed E-state index contributed by atoms with van der Waals surface area (Å²) in [7, 11) is 0. The highest BCUT2D eigenvalue weighted by molar-refractivity contribution is 5.99. The molecule has 1 aromatic heterocycles. The fourth-order valence-electron chi connectivity index (χ4n) is 5.46. The predicted octanol–water partition coefficient (Wildman–Crippen LogP) is 3.78. The number of nitrogens with one attached hydrogen (secondary N) is 1. The Morgan fingerprint density at radius 1 is 1.19 bits per heavy atom. The second-order valence-corrected chi connectivity index (χ2v) is 10.5. The van der Waals surface area contributed by atoms with Gasteiger partial charge in [0, 0.05) is 17.3 Å². The number of rotatable bonds is 6. The number of anilines is 1. The van der Waals surface area contributed by atoms with Gasteiger partial charge < -0.3 is 21.9 Å². The van der Waals surface area contributed by atoms with Crippen LogP contribution in [0.3, 0.4) is 0 Å². The van der Waals surface area contributed by atoms with Gasteiger partial charge >= 0.3 is 12.1 Å². The maximum Gasteiger partial charge on any atom is 0.435 e. The highest BCUT2D eigenvalue weighted by atomic mass is 19.4. The van der Waals surface area contributed by atoms with Crippen molar-refractivity contribution in [2.45, 2.75) is 76.6 Å². The summed E-state index contributed by atoms with van der Waals surface area (Å²) in [5.41, 5.74) is 8.56. The number of aliphatic carboxylic acids is 1. The van der Waals surface area contributed by atoms with Crippen molar-refractivity contribution < 1.29 is 32.3 Å². The standard InChI is InChI=1S/C24H29F4N5O3/c1-22(2)8-5-13-16(11-22)33(32-19(13)24(26,27)28)12-9-14(25)17(20(30)34)15(10-12)31-23(6-3-4-7-23)18(29)21(35)36/h9-10,18,31H,3-8,11,29H2,1-2H3,(H2,30,34)(H,35,36)/t18-/m1/s1. The van der Waals surface area contributed by atoms with Crippen LogP contribution in [0.25, 0.3) is 5.69 Å². The molecule has 1 heterocycles. The van der Waals surface area contributed by atoms with E-state index < -0.39 is 46.7 Å². The Labute approximate surface area is 205 Å². The molecule has 4 rings (SSSR count). The van der Waals surface area contributed by atoms with Crippen LogP contribution in [0.1, 0.15) is 73.3 Å². The Balaban J connectivity index is 1.90. The lowest BCUT2D eigenvalue weighted by Gasteiger charge is -2.35. The molecule has 1 fully saturated rings. The van der Waals surface area contributed by atoms with Crippen molar-refractivity contribution in [2.75, 3.05) is 5.32 Å². The van der Waals surface area contributed by atoms with Crippen LogP contribution in [0.5, 0.6) is 0 Å². The van der Waals surface area contributed by atoms with Crippen LogP contribution in [0.15, 0.2) is 12.1 Å². The number of primary amides is 1. The van der Waals surface area contributed by atoms with Crippen LogP contribution in [-0.2, 0) is 23.8 Å². The summed E-state index contributed by atoms with van der Waals surface area (Å²) < 4.78 is 57.8. The number of benzene rings is 1. The minimum Gasteiger partial charge on any atom is -0.480 e. The zero-order valence-electron chi connectivity index (χ0n) is 20.0. The molecule has 2 aliphatic rings. The number of carboxylic acids is 1. The average molecular weight is 512 g/mol. The van der Waals surface area contributed by atoms with Crippen LogP contribution in [0.2, 0.25) is 0 Å². The number of aromatic nitrogens is 2. The Kier molecular flexibility index (Phi) is 6.30. The van der Waals surface area contributed by atoms with Gasteiger partial charge in [-0.25, -0.2) is 9.07 Å². The highest BCUT2D eigenvalue weighted by Gasteiger charge is 2.45. The van der Waals surface area contributed by atoms with Crippen molar-refractivity contribution >= 4 is 17.6 Å². The molecule has 36 heavy (non-hydrogen) atoms. The van der Waals surface area contributed by atoms with Crippen LogP contribution in [0, 0.1) is 11.2 Å². The summed E-state index contributed by atoms with van der Waals surface area (Å²) in [5, 5.41) is 16.4. The summed E-state index contributed by atoms with van der Waals surface area (Å²) in [6, 6.07) is 0.827. The van der Waals surface area contributed by atoms with Crippen molar-refractivity contribution in [3.05, 3.63) is 40.5 Å². The second kappa shape index (κ2) is 8.75. The van der Waals surface area contributed by atoms with Crippen LogP contribution in [-0.4, -0.2) is 38.3 Å². The molecule has 6 N–H and O–H groups in total. The van der Waals surface area contributed by atoms with Gasteiger partial charge in [-0.05, 0) is 43.6 Å². The van der Waals surface area contributed by atoms with Crippen LogP contribution < -0.4 is 16.8 Å². The molecule has 12 heteroatoms. The van der Waals surface area contributed by atoms with E-state index in [4.69, 9.17) is 11.5 Å². The molecule has 196 valence electrons. The number of amides is 1. The molecule has 0 unspecified atom stereocenters. The average Bonchev–Trinajstić information content (AvgIpc) is 3.36. The molecule has 1 saturated carbocycles. The Morgan fingerprint density at radius 2 is 1.83 bits per heavy atom. The van der Waals surface area contributed by atoms with E-state index in [2.05, 4.69) is 10.4 Å². The van der Waals surface area contributed by atoms with Crippen molar-refractivity contribution in [3.8, 4) is 5.69 Å². The van der Waals surface area contributed by atoms with Gasteiger partial charge in [-0.1, -0.05) is 26.7 Å². The molecule has 0 radical (unpaired) electrons. The summed E-state index contributed by atoms with van der Waals surface area (Å²) in [5.74, 6) is -3.45. The van der Waals surface area contributed by atoms with E-state index in [0.717, 1.165) is 10.7 Å². The SMILES string of the molecule is CC1(C)CCc2c(C(F)(F)F)nn(-c3cc(F)c(C(N)=O)c(NC4([C@H](N)C(=O)O)CCCC4)c3)c2C1. The topological polar surface area (TPSA) is 136 Å². The van der Waals surface area contributed by atoms with Gasteiger partial charge in [-0.2, -0.15) is 18.3 Å². The number of fused-ring (bicyclic) bond motifs is 1. The quantitative estimate of drug-likeness (QED) is 0.436. The third-order valence-corrected chi connectivity index (χ3v) is 7.36. The third-order valence-electron chi connectivity index (χ3n) is 7.36. The van der Waals surface area contributed by atoms with E-state index in [1.165, 1.54) is 6.07 Å². The third kappa shape index (κ3) is 4.54. The fourth-order valence-corrected chi connectivity index (χ4v) is 5.46. The van der Waals surface area contributed by atoms with E-state index in [9.17, 15) is 27.9 Å². The van der Waals surface area contributed by atoms with Gasteiger partial charge in [0.2, 0.25) is 0 Å². The van der Waals surface area contributed by atoms with Crippen molar-refractivity contribution in [2.24, 2.45) is 16.9 Å². The van der Waals surface area contributed by atoms with Gasteiger partial charge in [0.1, 0.15) is 11.9 Å². The maximum atomic E-state index is 15.3. The number of halogens is 4. The van der Waals surface area contributed by atoms with Gasteiger partial charge in [-0.3, -0.25) is 9.59 Å². The normalized spacial score (nSPS) is 19.5. The summed E-state index contributed by atoms with van der Waals surface area (Å²) >= 11 is 0. The molecule has 2 aliphatic carbocycles. The summed E-state index contributed by atoms with van der Waals surface area (Å²) in [4.78, 5) is 23.9. The number of nitrogens with two attached hydrogens (primary N) is 2. The molecule has 0 saturated heterocycles. The minimum atomic E-state index is -4.70.